The third-order valence-electron chi connectivity index (χ3n) is 5.40. The second kappa shape index (κ2) is 5.59. The monoisotopic (exact) mass is 304 g/mol. The quantitative estimate of drug-likeness (QED) is 0.746. The SMILES string of the molecule is C[PH]1(c2ccccc2)CC[PH](C)(c2ccccc2)CC1. The minimum atomic E-state index is -1.20. The molecular weight excluding hydrogens is 278 g/mol. The molecule has 1 aliphatic rings. The molecule has 2 aromatic rings. The fourth-order valence-electron chi connectivity index (χ4n) is 3.61. The van der Waals surface area contributed by atoms with Crippen molar-refractivity contribution < 1.29 is 0 Å². The van der Waals surface area contributed by atoms with Crippen LogP contribution in [0.3, 0.4) is 0 Å². The summed E-state index contributed by atoms with van der Waals surface area (Å²) < 4.78 is 0. The molecule has 0 nitrogen and oxygen atoms in total. The first-order chi connectivity index (χ1) is 9.62. The standard InChI is InChI=1S/C18H26P2/c1-19(17-9-5-3-6-10-17)13-15-20(2,16-14-19)18-11-7-4-8-12-18/h3-12,19-20H,13-16H2,1-2H3. The van der Waals surface area contributed by atoms with Crippen LogP contribution in [0.25, 0.3) is 0 Å². The zero-order valence-corrected chi connectivity index (χ0v) is 14.6. The molecule has 0 radical (unpaired) electrons. The van der Waals surface area contributed by atoms with Crippen LogP contribution in [0.2, 0.25) is 0 Å². The van der Waals surface area contributed by atoms with E-state index in [1.807, 2.05) is 0 Å². The van der Waals surface area contributed by atoms with Gasteiger partial charge in [-0.05, 0) is 0 Å². The van der Waals surface area contributed by atoms with Crippen LogP contribution in [0.1, 0.15) is 0 Å². The van der Waals surface area contributed by atoms with Crippen molar-refractivity contribution in [2.45, 2.75) is 0 Å². The van der Waals surface area contributed by atoms with Crippen molar-refractivity contribution in [1.82, 2.24) is 0 Å². The van der Waals surface area contributed by atoms with E-state index in [0.717, 1.165) is 0 Å². The van der Waals surface area contributed by atoms with Gasteiger partial charge in [0.15, 0.2) is 0 Å². The van der Waals surface area contributed by atoms with E-state index < -0.39 is 14.5 Å². The van der Waals surface area contributed by atoms with E-state index in [4.69, 9.17) is 0 Å². The zero-order valence-electron chi connectivity index (χ0n) is 12.6. The van der Waals surface area contributed by atoms with Gasteiger partial charge >= 0.3 is 124 Å². The Balaban J connectivity index is 1.80. The molecule has 0 spiro atoms. The predicted octanol–water partition coefficient (Wildman–Crippen LogP) is 3.41. The van der Waals surface area contributed by atoms with Crippen LogP contribution < -0.4 is 10.6 Å². The van der Waals surface area contributed by atoms with Gasteiger partial charge in [-0.15, -0.1) is 0 Å². The summed E-state index contributed by atoms with van der Waals surface area (Å²) in [5.74, 6) is 0. The molecule has 0 aliphatic carbocycles. The summed E-state index contributed by atoms with van der Waals surface area (Å²) >= 11 is 0. The van der Waals surface area contributed by atoms with E-state index in [0.29, 0.717) is 0 Å². The first-order valence-electron chi connectivity index (χ1n) is 7.74. The average Bonchev–Trinajstić information content (AvgIpc) is 2.52. The molecule has 108 valence electrons. The molecular formula is C18H26P2. The third-order valence-corrected chi connectivity index (χ3v) is 15.3. The molecule has 2 heteroatoms. The molecule has 20 heavy (non-hydrogen) atoms. The topological polar surface area (TPSA) is 0 Å². The Morgan fingerprint density at radius 2 is 0.850 bits per heavy atom. The first kappa shape index (κ1) is 14.2. The molecule has 0 N–H and O–H groups in total. The van der Waals surface area contributed by atoms with Crippen LogP contribution in [0.15, 0.2) is 60.7 Å². The minimum absolute atomic E-state index is 1.20. The van der Waals surface area contributed by atoms with Gasteiger partial charge in [0.2, 0.25) is 0 Å². The Kier molecular flexibility index (Phi) is 3.98. The van der Waals surface area contributed by atoms with Crippen molar-refractivity contribution in [3.05, 3.63) is 60.7 Å². The van der Waals surface area contributed by atoms with E-state index in [1.165, 1.54) is 24.6 Å². The van der Waals surface area contributed by atoms with Gasteiger partial charge in [-0.1, -0.05) is 0 Å². The predicted molar refractivity (Wildman–Crippen MR) is 100 cm³/mol. The van der Waals surface area contributed by atoms with Crippen molar-refractivity contribution in [2.75, 3.05) is 38.0 Å². The normalized spacial score (nSPS) is 23.7. The third kappa shape index (κ3) is 2.69. The zero-order chi connectivity index (χ0) is 14.1. The van der Waals surface area contributed by atoms with Crippen LogP contribution in [-0.4, -0.2) is 38.0 Å². The van der Waals surface area contributed by atoms with Crippen LogP contribution in [0.5, 0.6) is 0 Å². The summed E-state index contributed by atoms with van der Waals surface area (Å²) in [5, 5.41) is 3.34. The van der Waals surface area contributed by atoms with Gasteiger partial charge in [0, 0.05) is 0 Å². The van der Waals surface area contributed by atoms with E-state index in [1.54, 1.807) is 10.6 Å². The molecule has 0 amide bonds. The van der Waals surface area contributed by atoms with E-state index >= 15 is 0 Å². The van der Waals surface area contributed by atoms with Gasteiger partial charge < -0.3 is 0 Å². The number of hydrogen-bond donors (Lipinski definition) is 0. The van der Waals surface area contributed by atoms with Crippen LogP contribution in [0, 0.1) is 0 Å². The van der Waals surface area contributed by atoms with Crippen molar-refractivity contribution in [3.63, 3.8) is 0 Å². The summed E-state index contributed by atoms with van der Waals surface area (Å²) in [5.41, 5.74) is 0. The Hall–Kier alpha value is -0.700. The summed E-state index contributed by atoms with van der Waals surface area (Å²) in [7, 11) is -2.40. The summed E-state index contributed by atoms with van der Waals surface area (Å²) in [6.07, 6.45) is 5.92. The molecule has 2 aromatic carbocycles. The van der Waals surface area contributed by atoms with Gasteiger partial charge in [0.1, 0.15) is 0 Å². The first-order valence-corrected chi connectivity index (χ1v) is 13.6. The van der Waals surface area contributed by atoms with E-state index in [-0.39, 0.29) is 0 Å². The Morgan fingerprint density at radius 3 is 1.15 bits per heavy atom. The molecule has 0 saturated carbocycles. The van der Waals surface area contributed by atoms with Gasteiger partial charge in [0.05, 0.1) is 0 Å². The summed E-state index contributed by atoms with van der Waals surface area (Å²) in [4.78, 5) is 0. The van der Waals surface area contributed by atoms with Crippen molar-refractivity contribution >= 4 is 25.1 Å². The fraction of sp³-hybridized carbons (Fsp3) is 0.333. The van der Waals surface area contributed by atoms with Crippen molar-refractivity contribution in [3.8, 4) is 0 Å². The van der Waals surface area contributed by atoms with E-state index in [2.05, 4.69) is 74.0 Å². The Labute approximate surface area is 124 Å². The number of rotatable bonds is 2. The molecule has 1 aliphatic heterocycles. The molecule has 0 bridgehead atoms. The Morgan fingerprint density at radius 1 is 0.550 bits per heavy atom. The average molecular weight is 304 g/mol. The van der Waals surface area contributed by atoms with Gasteiger partial charge in [-0.25, -0.2) is 0 Å². The van der Waals surface area contributed by atoms with E-state index in [9.17, 15) is 0 Å². The molecule has 3 rings (SSSR count). The summed E-state index contributed by atoms with van der Waals surface area (Å²) in [6, 6.07) is 22.7. The summed E-state index contributed by atoms with van der Waals surface area (Å²) in [6.45, 7) is 5.20. The van der Waals surface area contributed by atoms with Crippen LogP contribution in [0.4, 0.5) is 0 Å². The maximum absolute atomic E-state index is 2.60. The molecule has 0 unspecified atom stereocenters. The van der Waals surface area contributed by atoms with Gasteiger partial charge in [0.25, 0.3) is 0 Å². The van der Waals surface area contributed by atoms with Gasteiger partial charge in [-0.3, -0.25) is 0 Å². The van der Waals surface area contributed by atoms with Gasteiger partial charge in [-0.2, -0.15) is 0 Å². The van der Waals surface area contributed by atoms with Crippen molar-refractivity contribution in [2.24, 2.45) is 0 Å². The molecule has 1 saturated heterocycles. The van der Waals surface area contributed by atoms with Crippen molar-refractivity contribution in [1.29, 1.82) is 0 Å². The molecule has 1 fully saturated rings. The second-order valence-corrected chi connectivity index (χ2v) is 16.3. The molecule has 0 aromatic heterocycles. The van der Waals surface area contributed by atoms with Crippen LogP contribution in [-0.2, 0) is 0 Å². The number of benzene rings is 2. The maximum atomic E-state index is 2.60. The fourth-order valence-corrected chi connectivity index (χ4v) is 16.1. The Bertz CT molecular complexity index is 501. The number of hydrogen-bond acceptors (Lipinski definition) is 0. The molecule has 0 atom stereocenters. The van der Waals surface area contributed by atoms with Crippen LogP contribution >= 0.6 is 14.5 Å². The second-order valence-electron chi connectivity index (χ2n) is 6.85. The molecule has 1 heterocycles.